The van der Waals surface area contributed by atoms with E-state index in [1.54, 1.807) is 0 Å². The third-order valence-corrected chi connectivity index (χ3v) is 9.07. The SMILES string of the molecule is c1ccc(-c2ccc3c(c2)N(c2ccc4oc5ccccc5c4c2)c2cccc4c2N3c2ccccc2S4)cc1. The average molecular weight is 531 g/mol. The lowest BCUT2D eigenvalue weighted by molar-refractivity contribution is 0.669. The van der Waals surface area contributed by atoms with Crippen LogP contribution in [0.5, 0.6) is 0 Å². The van der Waals surface area contributed by atoms with Gasteiger partial charge >= 0.3 is 0 Å². The minimum Gasteiger partial charge on any atom is -0.456 e. The van der Waals surface area contributed by atoms with Crippen molar-refractivity contribution < 1.29 is 4.42 Å². The van der Waals surface area contributed by atoms with Crippen LogP contribution in [0.2, 0.25) is 0 Å². The predicted molar refractivity (Wildman–Crippen MR) is 166 cm³/mol. The van der Waals surface area contributed by atoms with Gasteiger partial charge in [-0.3, -0.25) is 0 Å². The molecular formula is C36H22N2OS. The molecule has 0 unspecified atom stereocenters. The molecule has 6 aromatic carbocycles. The van der Waals surface area contributed by atoms with Gasteiger partial charge in [-0.05, 0) is 71.8 Å². The van der Waals surface area contributed by atoms with E-state index in [1.807, 2.05) is 23.9 Å². The second-order valence-corrected chi connectivity index (χ2v) is 11.3. The normalized spacial score (nSPS) is 13.3. The van der Waals surface area contributed by atoms with Crippen LogP contribution in [0.25, 0.3) is 33.1 Å². The molecule has 0 amide bonds. The van der Waals surface area contributed by atoms with E-state index in [4.69, 9.17) is 4.42 Å². The van der Waals surface area contributed by atoms with Gasteiger partial charge in [-0.25, -0.2) is 0 Å². The van der Waals surface area contributed by atoms with Crippen molar-refractivity contribution in [3.8, 4) is 11.1 Å². The van der Waals surface area contributed by atoms with Gasteiger partial charge in [-0.15, -0.1) is 0 Å². The largest absolute Gasteiger partial charge is 0.456 e. The van der Waals surface area contributed by atoms with Crippen molar-refractivity contribution in [2.45, 2.75) is 9.79 Å². The molecule has 7 aromatic rings. The zero-order chi connectivity index (χ0) is 26.2. The summed E-state index contributed by atoms with van der Waals surface area (Å²) < 4.78 is 6.18. The van der Waals surface area contributed by atoms with E-state index >= 15 is 0 Å². The zero-order valence-corrected chi connectivity index (χ0v) is 22.2. The summed E-state index contributed by atoms with van der Waals surface area (Å²) in [5, 5.41) is 2.26. The van der Waals surface area contributed by atoms with Crippen molar-refractivity contribution in [1.82, 2.24) is 0 Å². The molecule has 3 nitrogen and oxygen atoms in total. The van der Waals surface area contributed by atoms with Gasteiger partial charge in [0.1, 0.15) is 11.2 Å². The summed E-state index contributed by atoms with van der Waals surface area (Å²) in [4.78, 5) is 7.40. The van der Waals surface area contributed by atoms with Crippen molar-refractivity contribution in [3.05, 3.63) is 133 Å². The molecule has 40 heavy (non-hydrogen) atoms. The molecule has 1 aromatic heterocycles. The predicted octanol–water partition coefficient (Wildman–Crippen LogP) is 11.0. The highest BCUT2D eigenvalue weighted by Gasteiger charge is 2.36. The van der Waals surface area contributed by atoms with E-state index in [2.05, 4.69) is 131 Å². The molecular weight excluding hydrogens is 508 g/mol. The van der Waals surface area contributed by atoms with E-state index in [0.717, 1.165) is 33.3 Å². The van der Waals surface area contributed by atoms with E-state index in [-0.39, 0.29) is 0 Å². The summed E-state index contributed by atoms with van der Waals surface area (Å²) >= 11 is 1.84. The highest BCUT2D eigenvalue weighted by Crippen LogP contribution is 2.62. The first-order valence-corrected chi connectivity index (χ1v) is 14.3. The van der Waals surface area contributed by atoms with Gasteiger partial charge in [-0.1, -0.05) is 84.6 Å². The maximum atomic E-state index is 6.18. The number of hydrogen-bond acceptors (Lipinski definition) is 4. The Morgan fingerprint density at radius 2 is 1.23 bits per heavy atom. The molecule has 3 heterocycles. The maximum absolute atomic E-state index is 6.18. The number of fused-ring (bicyclic) bond motifs is 7. The smallest absolute Gasteiger partial charge is 0.135 e. The fourth-order valence-electron chi connectivity index (χ4n) is 6.18. The van der Waals surface area contributed by atoms with Crippen LogP contribution in [-0.2, 0) is 0 Å². The minimum absolute atomic E-state index is 0.904. The molecule has 188 valence electrons. The molecule has 0 fully saturated rings. The van der Waals surface area contributed by atoms with Crippen LogP contribution in [0.1, 0.15) is 0 Å². The van der Waals surface area contributed by atoms with Gasteiger partial charge in [0.15, 0.2) is 0 Å². The number of rotatable bonds is 2. The van der Waals surface area contributed by atoms with Crippen molar-refractivity contribution in [2.75, 3.05) is 9.80 Å². The molecule has 0 N–H and O–H groups in total. The van der Waals surface area contributed by atoms with Gasteiger partial charge in [0, 0.05) is 26.3 Å². The number of anilines is 6. The summed E-state index contributed by atoms with van der Waals surface area (Å²) in [5.74, 6) is 0. The summed E-state index contributed by atoms with van der Waals surface area (Å²) in [6.07, 6.45) is 0. The Hall–Kier alpha value is -4.93. The number of nitrogens with zero attached hydrogens (tertiary/aromatic N) is 2. The average Bonchev–Trinajstić information content (AvgIpc) is 3.39. The van der Waals surface area contributed by atoms with E-state index < -0.39 is 0 Å². The van der Waals surface area contributed by atoms with Crippen LogP contribution in [0.4, 0.5) is 34.1 Å². The molecule has 0 bridgehead atoms. The van der Waals surface area contributed by atoms with Gasteiger partial charge < -0.3 is 14.2 Å². The van der Waals surface area contributed by atoms with Crippen molar-refractivity contribution >= 4 is 67.8 Å². The lowest BCUT2D eigenvalue weighted by Gasteiger charge is -2.43. The molecule has 9 rings (SSSR count). The number of furan rings is 1. The summed E-state index contributed by atoms with van der Waals surface area (Å²) in [5.41, 5.74) is 11.3. The Kier molecular flexibility index (Phi) is 4.54. The molecule has 0 radical (unpaired) electrons. The van der Waals surface area contributed by atoms with E-state index in [9.17, 15) is 0 Å². The summed E-state index contributed by atoms with van der Waals surface area (Å²) in [6.45, 7) is 0. The van der Waals surface area contributed by atoms with E-state index in [1.165, 1.54) is 43.7 Å². The Balaban J connectivity index is 1.34. The fourth-order valence-corrected chi connectivity index (χ4v) is 7.27. The van der Waals surface area contributed by atoms with Crippen molar-refractivity contribution in [2.24, 2.45) is 0 Å². The molecule has 0 saturated carbocycles. The first-order chi connectivity index (χ1) is 19.8. The standard InChI is InChI=1S/C36H22N2OS/c1-2-9-23(10-3-1)24-17-19-28-31(21-24)37(25-18-20-33-27(22-25)26-11-4-6-14-32(26)39-33)30-13-8-16-35-36(30)38(28)29-12-5-7-15-34(29)40-35/h1-22H. The third-order valence-electron chi connectivity index (χ3n) is 7.95. The lowest BCUT2D eigenvalue weighted by Crippen LogP contribution is -2.26. The molecule has 2 aliphatic rings. The van der Waals surface area contributed by atoms with Crippen molar-refractivity contribution in [1.29, 1.82) is 0 Å². The Bertz CT molecular complexity index is 2110. The number of benzene rings is 6. The van der Waals surface area contributed by atoms with Crippen LogP contribution in [0.15, 0.2) is 148 Å². The van der Waals surface area contributed by atoms with Crippen LogP contribution < -0.4 is 9.80 Å². The molecule has 0 spiro atoms. The maximum Gasteiger partial charge on any atom is 0.135 e. The van der Waals surface area contributed by atoms with Crippen molar-refractivity contribution in [3.63, 3.8) is 0 Å². The van der Waals surface area contributed by atoms with Crippen LogP contribution in [0, 0.1) is 0 Å². The Morgan fingerprint density at radius 3 is 2.17 bits per heavy atom. The highest BCUT2D eigenvalue weighted by atomic mass is 32.2. The van der Waals surface area contributed by atoms with Gasteiger partial charge in [0.2, 0.25) is 0 Å². The van der Waals surface area contributed by atoms with E-state index in [0.29, 0.717) is 0 Å². The molecule has 0 saturated heterocycles. The quantitative estimate of drug-likeness (QED) is 0.221. The second kappa shape index (κ2) is 8.28. The molecule has 2 aliphatic heterocycles. The Morgan fingerprint density at radius 1 is 0.450 bits per heavy atom. The first kappa shape index (κ1) is 21.9. The fraction of sp³-hybridized carbons (Fsp3) is 0. The Labute approximate surface area is 235 Å². The lowest BCUT2D eigenvalue weighted by atomic mass is 9.99. The molecule has 0 aliphatic carbocycles. The monoisotopic (exact) mass is 530 g/mol. The van der Waals surface area contributed by atoms with Gasteiger partial charge in [0.05, 0.1) is 28.4 Å². The van der Waals surface area contributed by atoms with Crippen LogP contribution >= 0.6 is 11.8 Å². The minimum atomic E-state index is 0.904. The highest BCUT2D eigenvalue weighted by molar-refractivity contribution is 7.99. The third kappa shape index (κ3) is 3.08. The number of para-hydroxylation sites is 3. The van der Waals surface area contributed by atoms with Crippen LogP contribution in [0.3, 0.4) is 0 Å². The van der Waals surface area contributed by atoms with Crippen LogP contribution in [-0.4, -0.2) is 0 Å². The van der Waals surface area contributed by atoms with Gasteiger partial charge in [0.25, 0.3) is 0 Å². The molecule has 4 heteroatoms. The first-order valence-electron chi connectivity index (χ1n) is 13.4. The second-order valence-electron chi connectivity index (χ2n) is 10.2. The summed E-state index contributed by atoms with van der Waals surface area (Å²) in [7, 11) is 0. The molecule has 0 atom stereocenters. The topological polar surface area (TPSA) is 19.6 Å². The summed E-state index contributed by atoms with van der Waals surface area (Å²) in [6, 6.07) is 47.7. The number of hydrogen-bond donors (Lipinski definition) is 0. The zero-order valence-electron chi connectivity index (χ0n) is 21.4. The van der Waals surface area contributed by atoms with Gasteiger partial charge in [-0.2, -0.15) is 0 Å².